The van der Waals surface area contributed by atoms with E-state index in [1.54, 1.807) is 0 Å². The lowest BCUT2D eigenvalue weighted by molar-refractivity contribution is -0.151. The zero-order valence-corrected chi connectivity index (χ0v) is 31.0. The van der Waals surface area contributed by atoms with E-state index in [-0.39, 0.29) is 38.0 Å². The Labute approximate surface area is 313 Å². The lowest BCUT2D eigenvalue weighted by Crippen LogP contribution is -2.58. The van der Waals surface area contributed by atoms with Crippen LogP contribution >= 0.6 is 0 Å². The Morgan fingerprint density at radius 2 is 0.944 bits per heavy atom. The summed E-state index contributed by atoms with van der Waals surface area (Å²) >= 11 is 0. The van der Waals surface area contributed by atoms with E-state index in [1.165, 1.54) is 38.3 Å². The first-order valence-electron chi connectivity index (χ1n) is 19.1. The number of nitrogens with zero attached hydrogens (tertiary/aromatic N) is 5. The average molecular weight is 760 g/mol. The van der Waals surface area contributed by atoms with Crippen molar-refractivity contribution in [1.82, 2.24) is 40.4 Å². The number of aliphatic carboxylic acids is 1. The molecule has 0 unspecified atom stereocenters. The monoisotopic (exact) mass is 759 g/mol. The van der Waals surface area contributed by atoms with Gasteiger partial charge in [-0.3, -0.25) is 38.4 Å². The van der Waals surface area contributed by atoms with Crippen molar-refractivity contribution < 1.29 is 48.3 Å². The van der Waals surface area contributed by atoms with Gasteiger partial charge in [-0.15, -0.1) is 0 Å². The fourth-order valence-corrected chi connectivity index (χ4v) is 8.47. The van der Waals surface area contributed by atoms with E-state index < -0.39 is 83.7 Å². The molecule has 5 fully saturated rings. The van der Waals surface area contributed by atoms with E-state index in [1.807, 2.05) is 0 Å². The molecule has 0 radical (unpaired) electrons. The van der Waals surface area contributed by atoms with Crippen LogP contribution in [0.2, 0.25) is 0 Å². The number of nitrogens with one attached hydrogen (secondary N) is 3. The average Bonchev–Trinajstić information content (AvgIpc) is 4.01. The predicted molar refractivity (Wildman–Crippen MR) is 189 cm³/mol. The predicted octanol–water partition coefficient (Wildman–Crippen LogP) is -2.89. The highest BCUT2D eigenvalue weighted by Crippen LogP contribution is 2.29. The van der Waals surface area contributed by atoms with Crippen LogP contribution in [0.4, 0.5) is 0 Å². The van der Waals surface area contributed by atoms with Crippen LogP contribution in [-0.2, 0) is 43.2 Å². The van der Waals surface area contributed by atoms with Crippen molar-refractivity contribution >= 4 is 53.2 Å². The highest BCUT2D eigenvalue weighted by Gasteiger charge is 2.47. The Morgan fingerprint density at radius 1 is 0.574 bits per heavy atom. The van der Waals surface area contributed by atoms with Gasteiger partial charge in [-0.05, 0) is 78.1 Å². The molecule has 5 aliphatic heterocycles. The maximum absolute atomic E-state index is 14.1. The first-order chi connectivity index (χ1) is 25.7. The maximum atomic E-state index is 14.1. The van der Waals surface area contributed by atoms with Gasteiger partial charge in [0, 0.05) is 32.7 Å². The molecule has 0 aromatic rings. The summed E-state index contributed by atoms with van der Waals surface area (Å²) < 4.78 is 0. The zero-order chi connectivity index (χ0) is 39.3. The summed E-state index contributed by atoms with van der Waals surface area (Å²) in [5, 5.41) is 17.3. The molecule has 7 atom stereocenters. The normalized spacial score (nSPS) is 26.4. The van der Waals surface area contributed by atoms with Gasteiger partial charge in [-0.1, -0.05) is 0 Å². The summed E-state index contributed by atoms with van der Waals surface area (Å²) in [5.74, 6) is -4.77. The molecule has 0 bridgehead atoms. The molecule has 54 heavy (non-hydrogen) atoms. The third-order valence-corrected chi connectivity index (χ3v) is 11.3. The van der Waals surface area contributed by atoms with Crippen LogP contribution in [0.3, 0.4) is 0 Å². The highest BCUT2D eigenvalue weighted by atomic mass is 16.4. The first-order valence-corrected chi connectivity index (χ1v) is 19.1. The third-order valence-electron chi connectivity index (χ3n) is 11.3. The first kappa shape index (κ1) is 40.4. The fraction of sp³-hybridized carbons (Fsp3) is 0.743. The molecule has 298 valence electrons. The van der Waals surface area contributed by atoms with E-state index in [9.17, 15) is 48.3 Å². The minimum atomic E-state index is -1.09. The summed E-state index contributed by atoms with van der Waals surface area (Å²) in [6.07, 6.45) is 4.64. The number of carboxylic acids is 1. The molecule has 0 aromatic carbocycles. The molecule has 5 rings (SSSR count). The van der Waals surface area contributed by atoms with E-state index in [2.05, 4.69) is 16.0 Å². The lowest BCUT2D eigenvalue weighted by atomic mass is 10.1. The van der Waals surface area contributed by atoms with Crippen molar-refractivity contribution in [2.24, 2.45) is 5.73 Å². The van der Waals surface area contributed by atoms with E-state index in [0.29, 0.717) is 83.8 Å². The van der Waals surface area contributed by atoms with Crippen molar-refractivity contribution in [2.75, 3.05) is 45.8 Å². The van der Waals surface area contributed by atoms with Crippen LogP contribution < -0.4 is 21.7 Å². The Morgan fingerprint density at radius 3 is 1.43 bits per heavy atom. The van der Waals surface area contributed by atoms with Crippen LogP contribution in [0.25, 0.3) is 0 Å². The Bertz CT molecular complexity index is 1530. The fourth-order valence-electron chi connectivity index (χ4n) is 8.47. The van der Waals surface area contributed by atoms with Gasteiger partial charge >= 0.3 is 5.97 Å². The number of hydrogen-bond donors (Lipinski definition) is 5. The molecule has 8 amide bonds. The Balaban J connectivity index is 1.17. The van der Waals surface area contributed by atoms with Crippen molar-refractivity contribution in [2.45, 2.75) is 120 Å². The summed E-state index contributed by atoms with van der Waals surface area (Å²) in [6.45, 7) is 3.93. The molecule has 19 heteroatoms. The number of likely N-dealkylation sites (tertiary alicyclic amines) is 5. The number of carbonyl (C=O) groups excluding carboxylic acids is 8. The second-order valence-electron chi connectivity index (χ2n) is 14.8. The molecule has 0 aliphatic carbocycles. The molecule has 0 aromatic heterocycles. The van der Waals surface area contributed by atoms with E-state index in [4.69, 9.17) is 5.73 Å². The molecule has 5 heterocycles. The minimum absolute atomic E-state index is 0.272. The van der Waals surface area contributed by atoms with Crippen molar-refractivity contribution in [1.29, 1.82) is 0 Å². The van der Waals surface area contributed by atoms with Crippen molar-refractivity contribution in [3.8, 4) is 0 Å². The quantitative estimate of drug-likeness (QED) is 0.135. The number of rotatable bonds is 12. The summed E-state index contributed by atoms with van der Waals surface area (Å²) in [6, 6.07) is -6.28. The van der Waals surface area contributed by atoms with Gasteiger partial charge in [-0.25, -0.2) is 4.79 Å². The van der Waals surface area contributed by atoms with Crippen LogP contribution in [0, 0.1) is 0 Å². The molecular formula is C35H53N9O10. The summed E-state index contributed by atoms with van der Waals surface area (Å²) in [4.78, 5) is 124. The van der Waals surface area contributed by atoms with E-state index in [0.717, 1.165) is 0 Å². The van der Waals surface area contributed by atoms with Crippen LogP contribution in [-0.4, -0.2) is 171 Å². The molecule has 0 saturated carbocycles. The van der Waals surface area contributed by atoms with Gasteiger partial charge in [0.1, 0.15) is 42.3 Å². The van der Waals surface area contributed by atoms with Crippen molar-refractivity contribution in [3.63, 3.8) is 0 Å². The number of hydrogen-bond acceptors (Lipinski definition) is 10. The largest absolute Gasteiger partial charge is 0.480 e. The SMILES string of the molecule is C[C@H](NC(=O)[C@@H]1CCCN1C(=O)[C@@H]1CCCN1C(=O)[C@@H]1CCCN1C(=O)[C@H](C)NC(=O)[C@@H]1CCCN1C(=O)CNC(=O)CN)C(=O)N1CCC[C@H]1C(=O)O. The van der Waals surface area contributed by atoms with E-state index >= 15 is 0 Å². The minimum Gasteiger partial charge on any atom is -0.480 e. The van der Waals surface area contributed by atoms with Crippen molar-refractivity contribution in [3.05, 3.63) is 0 Å². The Kier molecular flexibility index (Phi) is 13.1. The van der Waals surface area contributed by atoms with Crippen LogP contribution in [0.15, 0.2) is 0 Å². The summed E-state index contributed by atoms with van der Waals surface area (Å²) in [7, 11) is 0. The van der Waals surface area contributed by atoms with Gasteiger partial charge in [-0.2, -0.15) is 0 Å². The maximum Gasteiger partial charge on any atom is 0.326 e. The molecule has 19 nitrogen and oxygen atoms in total. The van der Waals surface area contributed by atoms with Crippen LogP contribution in [0.5, 0.6) is 0 Å². The molecule has 5 saturated heterocycles. The third kappa shape index (κ3) is 8.60. The number of carbonyl (C=O) groups is 9. The second kappa shape index (κ2) is 17.6. The second-order valence-corrected chi connectivity index (χ2v) is 14.8. The Hall–Kier alpha value is -4.81. The van der Waals surface area contributed by atoms with Gasteiger partial charge in [0.15, 0.2) is 0 Å². The molecule has 6 N–H and O–H groups in total. The zero-order valence-electron chi connectivity index (χ0n) is 31.0. The molecule has 5 aliphatic rings. The highest BCUT2D eigenvalue weighted by molar-refractivity contribution is 5.98. The van der Waals surface area contributed by atoms with Gasteiger partial charge in [0.2, 0.25) is 47.3 Å². The topological polar surface area (TPSA) is 252 Å². The van der Waals surface area contributed by atoms with Gasteiger partial charge in [0.05, 0.1) is 13.1 Å². The number of amides is 8. The number of nitrogens with two attached hydrogens (primary N) is 1. The standard InChI is InChI=1S/C35H53N9O10/c1-20(38-29(47)22-8-3-13-40(22)28(46)19-37-27(45)18-36)31(49)42-15-5-10-24(42)34(52)43-16-6-11-25(43)33(51)41-14-4-9-23(41)30(48)39-21(2)32(50)44-17-7-12-26(44)35(53)54/h20-26H,3-19,36H2,1-2H3,(H,37,45)(H,38,47)(H,39,48)(H,53,54)/t20-,21-,22-,23-,24-,25-,26-/m0/s1. The molecule has 0 spiro atoms. The van der Waals surface area contributed by atoms with Gasteiger partial charge < -0.3 is 51.3 Å². The lowest BCUT2D eigenvalue weighted by Gasteiger charge is -2.35. The summed E-state index contributed by atoms with van der Waals surface area (Å²) in [5.41, 5.74) is 5.28. The smallest absolute Gasteiger partial charge is 0.326 e. The van der Waals surface area contributed by atoms with Gasteiger partial charge in [0.25, 0.3) is 0 Å². The van der Waals surface area contributed by atoms with Crippen LogP contribution in [0.1, 0.15) is 78.1 Å². The number of carboxylic acid groups (broad SMARTS) is 1. The molecular weight excluding hydrogens is 706 g/mol.